The van der Waals surface area contributed by atoms with E-state index in [4.69, 9.17) is 10.00 Å². The third-order valence-corrected chi connectivity index (χ3v) is 5.72. The SMILES string of the molecule is C=CCn1c(COc2ccccc2C)nnc1SCC(=O)Nc1sccc1C#N. The summed E-state index contributed by atoms with van der Waals surface area (Å²) >= 11 is 2.59. The molecule has 0 spiro atoms. The van der Waals surface area contributed by atoms with Crippen molar-refractivity contribution >= 4 is 34.0 Å². The van der Waals surface area contributed by atoms with Crippen molar-refractivity contribution in [2.45, 2.75) is 25.2 Å². The molecule has 148 valence electrons. The summed E-state index contributed by atoms with van der Waals surface area (Å²) in [7, 11) is 0. The van der Waals surface area contributed by atoms with Crippen molar-refractivity contribution in [3.8, 4) is 11.8 Å². The van der Waals surface area contributed by atoms with Crippen LogP contribution >= 0.6 is 23.1 Å². The normalized spacial score (nSPS) is 10.3. The third kappa shape index (κ3) is 5.25. The van der Waals surface area contributed by atoms with E-state index in [1.807, 2.05) is 35.8 Å². The zero-order valence-electron chi connectivity index (χ0n) is 15.8. The molecule has 0 atom stereocenters. The van der Waals surface area contributed by atoms with Gasteiger partial charge in [-0.1, -0.05) is 36.0 Å². The first-order chi connectivity index (χ1) is 14.1. The van der Waals surface area contributed by atoms with Crippen LogP contribution in [0.3, 0.4) is 0 Å². The predicted octanol–water partition coefficient (Wildman–Crippen LogP) is 4.02. The van der Waals surface area contributed by atoms with E-state index in [9.17, 15) is 4.79 Å². The number of aromatic nitrogens is 3. The molecule has 2 heterocycles. The standard InChI is InChI=1S/C20H19N5O2S2/c1-3-9-25-17(12-27-16-7-5-4-6-14(16)2)23-24-20(25)29-13-18(26)22-19-15(11-21)8-10-28-19/h3-8,10H,1,9,12-13H2,2H3,(H,22,26). The highest BCUT2D eigenvalue weighted by molar-refractivity contribution is 7.99. The molecule has 7 nitrogen and oxygen atoms in total. The van der Waals surface area contributed by atoms with Gasteiger partial charge in [-0.3, -0.25) is 9.36 Å². The molecule has 1 amide bonds. The molecule has 0 fully saturated rings. The Morgan fingerprint density at radius 1 is 1.41 bits per heavy atom. The van der Waals surface area contributed by atoms with Gasteiger partial charge in [0.1, 0.15) is 23.4 Å². The summed E-state index contributed by atoms with van der Waals surface area (Å²) in [5.41, 5.74) is 1.50. The molecule has 3 aromatic rings. The quantitative estimate of drug-likeness (QED) is 0.411. The largest absolute Gasteiger partial charge is 0.485 e. The number of carbonyl (C=O) groups excluding carboxylic acids is 1. The highest BCUT2D eigenvalue weighted by Crippen LogP contribution is 2.24. The van der Waals surface area contributed by atoms with Gasteiger partial charge in [-0.15, -0.1) is 28.1 Å². The Morgan fingerprint density at radius 2 is 2.24 bits per heavy atom. The number of carbonyl (C=O) groups is 1. The van der Waals surface area contributed by atoms with Crippen molar-refractivity contribution in [2.75, 3.05) is 11.1 Å². The number of anilines is 1. The van der Waals surface area contributed by atoms with Crippen LogP contribution in [0.15, 0.2) is 53.5 Å². The summed E-state index contributed by atoms with van der Waals surface area (Å²) in [6, 6.07) is 11.5. The summed E-state index contributed by atoms with van der Waals surface area (Å²) in [4.78, 5) is 12.2. The average molecular weight is 426 g/mol. The number of ether oxygens (including phenoxy) is 1. The number of aryl methyl sites for hydroxylation is 1. The molecule has 2 aromatic heterocycles. The van der Waals surface area contributed by atoms with E-state index in [-0.39, 0.29) is 18.3 Å². The Balaban J connectivity index is 1.63. The minimum absolute atomic E-state index is 0.149. The number of para-hydroxylation sites is 1. The minimum Gasteiger partial charge on any atom is -0.485 e. The van der Waals surface area contributed by atoms with E-state index in [0.717, 1.165) is 11.3 Å². The summed E-state index contributed by atoms with van der Waals surface area (Å²) in [5.74, 6) is 1.39. The van der Waals surface area contributed by atoms with Gasteiger partial charge in [-0.25, -0.2) is 0 Å². The second-order valence-electron chi connectivity index (χ2n) is 5.96. The molecule has 0 bridgehead atoms. The maximum Gasteiger partial charge on any atom is 0.235 e. The van der Waals surface area contributed by atoms with E-state index in [1.54, 1.807) is 17.5 Å². The van der Waals surface area contributed by atoms with Crippen molar-refractivity contribution in [1.29, 1.82) is 5.26 Å². The molecule has 0 saturated carbocycles. The first kappa shape index (κ1) is 20.6. The van der Waals surface area contributed by atoms with Gasteiger partial charge in [0.25, 0.3) is 0 Å². The minimum atomic E-state index is -0.209. The maximum absolute atomic E-state index is 12.2. The fraction of sp³-hybridized carbons (Fsp3) is 0.200. The van der Waals surface area contributed by atoms with Gasteiger partial charge >= 0.3 is 0 Å². The van der Waals surface area contributed by atoms with Gasteiger partial charge < -0.3 is 10.1 Å². The average Bonchev–Trinajstić information content (AvgIpc) is 3.32. The van der Waals surface area contributed by atoms with Gasteiger partial charge in [0, 0.05) is 6.54 Å². The van der Waals surface area contributed by atoms with Crippen LogP contribution in [-0.2, 0) is 17.9 Å². The van der Waals surface area contributed by atoms with E-state index in [2.05, 4.69) is 28.2 Å². The first-order valence-corrected chi connectivity index (χ1v) is 10.6. The zero-order valence-corrected chi connectivity index (χ0v) is 17.4. The molecule has 0 saturated heterocycles. The number of thiophene rings is 1. The Hall–Kier alpha value is -3.09. The van der Waals surface area contributed by atoms with Gasteiger partial charge in [-0.2, -0.15) is 5.26 Å². The molecular formula is C20H19N5O2S2. The van der Waals surface area contributed by atoms with Crippen molar-refractivity contribution in [1.82, 2.24) is 14.8 Å². The highest BCUT2D eigenvalue weighted by Gasteiger charge is 2.15. The lowest BCUT2D eigenvalue weighted by molar-refractivity contribution is -0.113. The number of nitrogens with one attached hydrogen (secondary N) is 1. The smallest absolute Gasteiger partial charge is 0.235 e. The molecule has 1 aromatic carbocycles. The number of allylic oxidation sites excluding steroid dienone is 1. The fourth-order valence-corrected chi connectivity index (χ4v) is 4.01. The number of benzene rings is 1. The molecule has 1 N–H and O–H groups in total. The Labute approximate surface area is 177 Å². The fourth-order valence-electron chi connectivity index (χ4n) is 2.49. The lowest BCUT2D eigenvalue weighted by Gasteiger charge is -2.10. The van der Waals surface area contributed by atoms with Crippen LogP contribution < -0.4 is 10.1 Å². The number of thioether (sulfide) groups is 1. The summed E-state index contributed by atoms with van der Waals surface area (Å²) in [6.07, 6.45) is 1.75. The predicted molar refractivity (Wildman–Crippen MR) is 114 cm³/mol. The van der Waals surface area contributed by atoms with Gasteiger partial charge in [-0.05, 0) is 30.0 Å². The molecule has 0 radical (unpaired) electrons. The summed E-state index contributed by atoms with van der Waals surface area (Å²) in [6.45, 7) is 6.53. The summed E-state index contributed by atoms with van der Waals surface area (Å²) < 4.78 is 7.74. The van der Waals surface area contributed by atoms with E-state index in [0.29, 0.717) is 28.1 Å². The number of nitriles is 1. The van der Waals surface area contributed by atoms with Crippen LogP contribution in [0.2, 0.25) is 0 Å². The molecule has 3 rings (SSSR count). The van der Waals surface area contributed by atoms with E-state index < -0.39 is 0 Å². The van der Waals surface area contributed by atoms with Crippen LogP contribution in [0.25, 0.3) is 0 Å². The van der Waals surface area contributed by atoms with Crippen molar-refractivity contribution in [3.05, 3.63) is 65.3 Å². The van der Waals surface area contributed by atoms with Crippen molar-refractivity contribution in [2.24, 2.45) is 0 Å². The van der Waals surface area contributed by atoms with Gasteiger partial charge in [0.05, 0.1) is 11.3 Å². The van der Waals surface area contributed by atoms with Crippen LogP contribution in [-0.4, -0.2) is 26.4 Å². The lowest BCUT2D eigenvalue weighted by atomic mass is 10.2. The molecule has 0 aliphatic rings. The monoisotopic (exact) mass is 425 g/mol. The lowest BCUT2D eigenvalue weighted by Crippen LogP contribution is -2.14. The van der Waals surface area contributed by atoms with Crippen molar-refractivity contribution in [3.63, 3.8) is 0 Å². The highest BCUT2D eigenvalue weighted by atomic mass is 32.2. The first-order valence-electron chi connectivity index (χ1n) is 8.74. The number of rotatable bonds is 9. The second-order valence-corrected chi connectivity index (χ2v) is 7.82. The maximum atomic E-state index is 12.2. The Kier molecular flexibility index (Phi) is 7.05. The Bertz CT molecular complexity index is 1050. The van der Waals surface area contributed by atoms with Crippen LogP contribution in [0, 0.1) is 18.3 Å². The Morgan fingerprint density at radius 3 is 3.00 bits per heavy atom. The van der Waals surface area contributed by atoms with Gasteiger partial charge in [0.15, 0.2) is 11.0 Å². The zero-order chi connectivity index (χ0) is 20.6. The van der Waals surface area contributed by atoms with Crippen LogP contribution in [0.5, 0.6) is 5.75 Å². The molecule has 9 heteroatoms. The third-order valence-electron chi connectivity index (χ3n) is 3.93. The molecule has 29 heavy (non-hydrogen) atoms. The number of nitrogens with zero attached hydrogens (tertiary/aromatic N) is 4. The van der Waals surface area contributed by atoms with Crippen LogP contribution in [0.4, 0.5) is 5.00 Å². The molecule has 0 aliphatic heterocycles. The number of hydrogen-bond acceptors (Lipinski definition) is 7. The van der Waals surface area contributed by atoms with E-state index >= 15 is 0 Å². The van der Waals surface area contributed by atoms with Crippen molar-refractivity contribution < 1.29 is 9.53 Å². The number of hydrogen-bond donors (Lipinski definition) is 1. The van der Waals surface area contributed by atoms with Crippen LogP contribution in [0.1, 0.15) is 17.0 Å². The van der Waals surface area contributed by atoms with Gasteiger partial charge in [0.2, 0.25) is 5.91 Å². The number of amides is 1. The molecule has 0 aliphatic carbocycles. The molecule has 0 unspecified atom stereocenters. The summed E-state index contributed by atoms with van der Waals surface area (Å²) in [5, 5.41) is 23.1. The molecular weight excluding hydrogens is 406 g/mol. The van der Waals surface area contributed by atoms with E-state index in [1.165, 1.54) is 23.1 Å². The second kappa shape index (κ2) is 9.91. The topological polar surface area (TPSA) is 92.8 Å².